The highest BCUT2D eigenvalue weighted by Gasteiger charge is 2.07. The number of benzene rings is 3. The van der Waals surface area contributed by atoms with Crippen LogP contribution in [0.1, 0.15) is 23.7 Å². The minimum atomic E-state index is -0.184. The standard InChI is InChI=1S/C24H25NO4/c1-2-15-27-22-13-11-19(12-14-22)24(26)25-20-7-6-10-23(18-20)29-17-16-28-21-8-4-3-5-9-21/h3-14,18H,2,15-17H2,1H3,(H,25,26). The summed E-state index contributed by atoms with van der Waals surface area (Å²) >= 11 is 0. The Bertz CT molecular complexity index is 894. The molecule has 0 heterocycles. The molecule has 0 spiro atoms. The smallest absolute Gasteiger partial charge is 0.255 e. The Kier molecular flexibility index (Phi) is 7.52. The molecule has 0 aliphatic heterocycles. The van der Waals surface area contributed by atoms with Crippen LogP contribution in [0, 0.1) is 0 Å². The number of nitrogens with one attached hydrogen (secondary N) is 1. The predicted octanol–water partition coefficient (Wildman–Crippen LogP) is 5.19. The average molecular weight is 391 g/mol. The lowest BCUT2D eigenvalue weighted by Gasteiger charge is -2.10. The summed E-state index contributed by atoms with van der Waals surface area (Å²) in [4.78, 5) is 12.5. The van der Waals surface area contributed by atoms with Gasteiger partial charge in [-0.3, -0.25) is 4.79 Å². The molecule has 0 bridgehead atoms. The molecule has 3 aromatic rings. The van der Waals surface area contributed by atoms with Gasteiger partial charge in [0.1, 0.15) is 30.5 Å². The molecule has 5 nitrogen and oxygen atoms in total. The van der Waals surface area contributed by atoms with Crippen molar-refractivity contribution in [3.8, 4) is 17.2 Å². The second-order valence-corrected chi connectivity index (χ2v) is 6.36. The summed E-state index contributed by atoms with van der Waals surface area (Å²) in [6.45, 7) is 3.56. The highest BCUT2D eigenvalue weighted by Crippen LogP contribution is 2.19. The van der Waals surface area contributed by atoms with Crippen molar-refractivity contribution in [1.29, 1.82) is 0 Å². The van der Waals surface area contributed by atoms with Gasteiger partial charge in [0.2, 0.25) is 0 Å². The van der Waals surface area contributed by atoms with Crippen LogP contribution in [0.2, 0.25) is 0 Å². The number of hydrogen-bond donors (Lipinski definition) is 1. The van der Waals surface area contributed by atoms with Crippen molar-refractivity contribution in [3.63, 3.8) is 0 Å². The highest BCUT2D eigenvalue weighted by molar-refractivity contribution is 6.04. The third-order valence-corrected chi connectivity index (χ3v) is 4.05. The minimum absolute atomic E-state index is 0.184. The van der Waals surface area contributed by atoms with Crippen molar-refractivity contribution in [1.82, 2.24) is 0 Å². The zero-order valence-corrected chi connectivity index (χ0v) is 16.5. The lowest BCUT2D eigenvalue weighted by atomic mass is 10.2. The molecular formula is C24H25NO4. The van der Waals surface area contributed by atoms with Gasteiger partial charge in [-0.15, -0.1) is 0 Å². The fourth-order valence-electron chi connectivity index (χ4n) is 2.63. The second-order valence-electron chi connectivity index (χ2n) is 6.36. The summed E-state index contributed by atoms with van der Waals surface area (Å²) < 4.78 is 16.9. The van der Waals surface area contributed by atoms with E-state index in [4.69, 9.17) is 14.2 Å². The van der Waals surface area contributed by atoms with E-state index >= 15 is 0 Å². The number of hydrogen-bond acceptors (Lipinski definition) is 4. The maximum Gasteiger partial charge on any atom is 0.255 e. The molecule has 3 aromatic carbocycles. The van der Waals surface area contributed by atoms with Gasteiger partial charge in [-0.05, 0) is 55.0 Å². The summed E-state index contributed by atoms with van der Waals surface area (Å²) in [5.41, 5.74) is 1.24. The normalized spacial score (nSPS) is 10.2. The van der Waals surface area contributed by atoms with Crippen LogP contribution in [0.4, 0.5) is 5.69 Å². The first-order valence-electron chi connectivity index (χ1n) is 9.69. The van der Waals surface area contributed by atoms with Crippen LogP contribution in [0.25, 0.3) is 0 Å². The molecule has 3 rings (SSSR count). The molecule has 5 heteroatoms. The largest absolute Gasteiger partial charge is 0.494 e. The average Bonchev–Trinajstić information content (AvgIpc) is 2.76. The molecule has 150 valence electrons. The number of carbonyl (C=O) groups is 1. The van der Waals surface area contributed by atoms with Crippen molar-refractivity contribution >= 4 is 11.6 Å². The Morgan fingerprint density at radius 2 is 1.34 bits per heavy atom. The minimum Gasteiger partial charge on any atom is -0.494 e. The molecular weight excluding hydrogens is 366 g/mol. The van der Waals surface area contributed by atoms with E-state index in [-0.39, 0.29) is 5.91 Å². The van der Waals surface area contributed by atoms with Crippen LogP contribution in [-0.4, -0.2) is 25.7 Å². The van der Waals surface area contributed by atoms with E-state index in [9.17, 15) is 4.79 Å². The third kappa shape index (κ3) is 6.57. The van der Waals surface area contributed by atoms with E-state index in [0.717, 1.165) is 17.9 Å². The zero-order chi connectivity index (χ0) is 20.3. The lowest BCUT2D eigenvalue weighted by molar-refractivity contribution is 0.102. The number of ether oxygens (including phenoxy) is 3. The third-order valence-electron chi connectivity index (χ3n) is 4.05. The number of carbonyl (C=O) groups excluding carboxylic acids is 1. The molecule has 0 saturated carbocycles. The summed E-state index contributed by atoms with van der Waals surface area (Å²) in [6, 6.07) is 24.0. The van der Waals surface area contributed by atoms with Gasteiger partial charge in [0.25, 0.3) is 5.91 Å². The molecule has 0 aliphatic carbocycles. The summed E-state index contributed by atoms with van der Waals surface area (Å²) in [5.74, 6) is 2.05. The summed E-state index contributed by atoms with van der Waals surface area (Å²) in [7, 11) is 0. The van der Waals surface area contributed by atoms with Crippen molar-refractivity contribution in [2.45, 2.75) is 13.3 Å². The van der Waals surface area contributed by atoms with Crippen molar-refractivity contribution in [2.24, 2.45) is 0 Å². The van der Waals surface area contributed by atoms with E-state index in [1.54, 1.807) is 30.3 Å². The van der Waals surface area contributed by atoms with Gasteiger partial charge < -0.3 is 19.5 Å². The molecule has 0 aromatic heterocycles. The van der Waals surface area contributed by atoms with E-state index in [2.05, 4.69) is 12.2 Å². The molecule has 29 heavy (non-hydrogen) atoms. The van der Waals surface area contributed by atoms with E-state index < -0.39 is 0 Å². The van der Waals surface area contributed by atoms with Crippen LogP contribution in [-0.2, 0) is 0 Å². The molecule has 0 saturated heterocycles. The fraction of sp³-hybridized carbons (Fsp3) is 0.208. The molecule has 0 unspecified atom stereocenters. The number of para-hydroxylation sites is 1. The zero-order valence-electron chi connectivity index (χ0n) is 16.5. The van der Waals surface area contributed by atoms with Crippen molar-refractivity contribution in [2.75, 3.05) is 25.1 Å². The van der Waals surface area contributed by atoms with E-state index in [1.807, 2.05) is 48.5 Å². The van der Waals surface area contributed by atoms with Crippen LogP contribution in [0.15, 0.2) is 78.9 Å². The van der Waals surface area contributed by atoms with Gasteiger partial charge in [0.15, 0.2) is 0 Å². The Labute approximate surface area is 171 Å². The van der Waals surface area contributed by atoms with Crippen LogP contribution in [0.5, 0.6) is 17.2 Å². The first-order chi connectivity index (χ1) is 14.2. The van der Waals surface area contributed by atoms with Gasteiger partial charge in [-0.1, -0.05) is 31.2 Å². The Morgan fingerprint density at radius 1 is 0.724 bits per heavy atom. The quantitative estimate of drug-likeness (QED) is 0.484. The molecule has 0 atom stereocenters. The maximum atomic E-state index is 12.5. The highest BCUT2D eigenvalue weighted by atomic mass is 16.5. The van der Waals surface area contributed by atoms with Crippen molar-refractivity contribution in [3.05, 3.63) is 84.4 Å². The van der Waals surface area contributed by atoms with Crippen LogP contribution in [0.3, 0.4) is 0 Å². The monoisotopic (exact) mass is 391 g/mol. The number of rotatable bonds is 10. The van der Waals surface area contributed by atoms with E-state index in [0.29, 0.717) is 36.8 Å². The molecule has 0 radical (unpaired) electrons. The van der Waals surface area contributed by atoms with Crippen LogP contribution < -0.4 is 19.5 Å². The fourth-order valence-corrected chi connectivity index (χ4v) is 2.63. The summed E-state index contributed by atoms with van der Waals surface area (Å²) in [6.07, 6.45) is 0.943. The topological polar surface area (TPSA) is 56.8 Å². The maximum absolute atomic E-state index is 12.5. The van der Waals surface area contributed by atoms with Gasteiger partial charge in [-0.25, -0.2) is 0 Å². The molecule has 0 fully saturated rings. The molecule has 0 aliphatic rings. The Hall–Kier alpha value is -3.47. The Balaban J connectivity index is 1.49. The molecule has 1 N–H and O–H groups in total. The van der Waals surface area contributed by atoms with Gasteiger partial charge in [0.05, 0.1) is 6.61 Å². The SMILES string of the molecule is CCCOc1ccc(C(=O)Nc2cccc(OCCOc3ccccc3)c2)cc1. The van der Waals surface area contributed by atoms with Crippen molar-refractivity contribution < 1.29 is 19.0 Å². The second kappa shape index (κ2) is 10.8. The molecule has 1 amide bonds. The Morgan fingerprint density at radius 3 is 2.07 bits per heavy atom. The predicted molar refractivity (Wildman–Crippen MR) is 114 cm³/mol. The van der Waals surface area contributed by atoms with Gasteiger partial charge in [0, 0.05) is 17.3 Å². The first-order valence-corrected chi connectivity index (χ1v) is 9.69. The van der Waals surface area contributed by atoms with Crippen LogP contribution >= 0.6 is 0 Å². The van der Waals surface area contributed by atoms with Gasteiger partial charge >= 0.3 is 0 Å². The summed E-state index contributed by atoms with van der Waals surface area (Å²) in [5, 5.41) is 2.89. The van der Waals surface area contributed by atoms with Gasteiger partial charge in [-0.2, -0.15) is 0 Å². The number of amides is 1. The lowest BCUT2D eigenvalue weighted by Crippen LogP contribution is -2.12. The number of anilines is 1. The first kappa shape index (κ1) is 20.3. The van der Waals surface area contributed by atoms with E-state index in [1.165, 1.54) is 0 Å².